The number of carbonyl (C=O) groups excluding carboxylic acids is 1. The molecule has 3 rings (SSSR count). The van der Waals surface area contributed by atoms with Gasteiger partial charge in [0.1, 0.15) is 0 Å². The average Bonchev–Trinajstić information content (AvgIpc) is 3.11. The van der Waals surface area contributed by atoms with Crippen LogP contribution in [0.2, 0.25) is 0 Å². The number of nitrogens with zero attached hydrogens (tertiary/aromatic N) is 1. The number of hydrogen-bond donors (Lipinski definition) is 1. The van der Waals surface area contributed by atoms with E-state index in [0.717, 1.165) is 43.5 Å². The van der Waals surface area contributed by atoms with Crippen molar-refractivity contribution in [2.24, 2.45) is 5.92 Å². The minimum atomic E-state index is -3.52. The highest BCUT2D eigenvalue weighted by atomic mass is 32.2. The number of sulfonamides is 1. The molecule has 2 saturated carbocycles. The van der Waals surface area contributed by atoms with E-state index in [4.69, 9.17) is 0 Å². The van der Waals surface area contributed by atoms with Crippen molar-refractivity contribution in [1.82, 2.24) is 9.29 Å². The number of rotatable bonds is 5. The Kier molecular flexibility index (Phi) is 3.59. The van der Waals surface area contributed by atoms with Gasteiger partial charge in [-0.1, -0.05) is 6.42 Å². The second-order valence-corrected chi connectivity index (χ2v) is 8.16. The first-order valence-electron chi connectivity index (χ1n) is 7.60. The van der Waals surface area contributed by atoms with Crippen LogP contribution in [0.25, 0.3) is 0 Å². The Labute approximate surface area is 125 Å². The molecular formula is C15H22N2O3S. The Morgan fingerprint density at radius 3 is 2.48 bits per heavy atom. The Balaban J connectivity index is 1.74. The van der Waals surface area contributed by atoms with Crippen LogP contribution >= 0.6 is 0 Å². The number of aromatic nitrogens is 1. The van der Waals surface area contributed by atoms with Gasteiger partial charge >= 0.3 is 0 Å². The van der Waals surface area contributed by atoms with E-state index < -0.39 is 15.9 Å². The maximum Gasteiger partial charge on any atom is 0.266 e. The minimum Gasteiger partial charge on any atom is -0.345 e. The summed E-state index contributed by atoms with van der Waals surface area (Å²) in [4.78, 5) is 12.3. The maximum absolute atomic E-state index is 12.3. The van der Waals surface area contributed by atoms with E-state index >= 15 is 0 Å². The predicted molar refractivity (Wildman–Crippen MR) is 80.8 cm³/mol. The van der Waals surface area contributed by atoms with E-state index in [1.807, 2.05) is 13.8 Å². The summed E-state index contributed by atoms with van der Waals surface area (Å²) < 4.78 is 28.4. The van der Waals surface area contributed by atoms with Crippen LogP contribution in [-0.2, 0) is 10.0 Å². The van der Waals surface area contributed by atoms with E-state index in [9.17, 15) is 13.2 Å². The van der Waals surface area contributed by atoms with Gasteiger partial charge in [0.25, 0.3) is 5.91 Å². The summed E-state index contributed by atoms with van der Waals surface area (Å²) in [5.74, 6) is -0.205. The van der Waals surface area contributed by atoms with Gasteiger partial charge in [-0.25, -0.2) is 13.1 Å². The highest BCUT2D eigenvalue weighted by Gasteiger charge is 2.30. The first-order valence-corrected chi connectivity index (χ1v) is 9.26. The standard InChI is InChI=1S/C15H22N2O3S/c1-10-8-14(11(2)17(10)13-6-7-13)15(18)16-21(19,20)9-12-4-3-5-12/h8,12-13H,3-7,9H2,1-2H3,(H,16,18). The van der Waals surface area contributed by atoms with E-state index in [-0.39, 0.29) is 11.7 Å². The highest BCUT2D eigenvalue weighted by molar-refractivity contribution is 7.90. The first kappa shape index (κ1) is 14.6. The van der Waals surface area contributed by atoms with Crippen molar-refractivity contribution in [2.75, 3.05) is 5.75 Å². The molecule has 0 aliphatic heterocycles. The summed E-state index contributed by atoms with van der Waals surface area (Å²) in [7, 11) is -3.52. The van der Waals surface area contributed by atoms with Crippen molar-refractivity contribution in [3.05, 3.63) is 23.0 Å². The molecule has 21 heavy (non-hydrogen) atoms. The molecular weight excluding hydrogens is 288 g/mol. The monoisotopic (exact) mass is 310 g/mol. The van der Waals surface area contributed by atoms with Crippen LogP contribution in [0.3, 0.4) is 0 Å². The molecule has 116 valence electrons. The van der Waals surface area contributed by atoms with E-state index in [2.05, 4.69) is 9.29 Å². The summed E-state index contributed by atoms with van der Waals surface area (Å²) in [6.07, 6.45) is 5.27. The quantitative estimate of drug-likeness (QED) is 0.907. The number of aryl methyl sites for hydroxylation is 1. The van der Waals surface area contributed by atoms with Crippen molar-refractivity contribution in [3.8, 4) is 0 Å². The van der Waals surface area contributed by atoms with E-state index in [1.165, 1.54) is 0 Å². The molecule has 0 unspecified atom stereocenters. The van der Waals surface area contributed by atoms with Crippen LogP contribution in [0.5, 0.6) is 0 Å². The van der Waals surface area contributed by atoms with Gasteiger partial charge in [0.2, 0.25) is 10.0 Å². The van der Waals surface area contributed by atoms with Gasteiger partial charge in [-0.3, -0.25) is 4.79 Å². The van der Waals surface area contributed by atoms with Crippen LogP contribution in [-0.4, -0.2) is 24.6 Å². The number of hydrogen-bond acceptors (Lipinski definition) is 3. The lowest BCUT2D eigenvalue weighted by Crippen LogP contribution is -2.36. The van der Waals surface area contributed by atoms with E-state index in [0.29, 0.717) is 11.6 Å². The summed E-state index contributed by atoms with van der Waals surface area (Å²) in [5.41, 5.74) is 2.37. The third-order valence-corrected chi connectivity index (χ3v) is 5.98. The van der Waals surface area contributed by atoms with E-state index in [1.54, 1.807) is 6.07 Å². The Hall–Kier alpha value is -1.30. The minimum absolute atomic E-state index is 0.0695. The van der Waals surface area contributed by atoms with Gasteiger partial charge in [-0.15, -0.1) is 0 Å². The lowest BCUT2D eigenvalue weighted by Gasteiger charge is -2.24. The molecule has 5 nitrogen and oxygen atoms in total. The molecule has 1 aromatic rings. The average molecular weight is 310 g/mol. The Bertz CT molecular complexity index is 667. The van der Waals surface area contributed by atoms with Crippen LogP contribution in [0, 0.1) is 19.8 Å². The molecule has 2 fully saturated rings. The molecule has 1 heterocycles. The van der Waals surface area contributed by atoms with Crippen molar-refractivity contribution in [2.45, 2.75) is 52.0 Å². The first-order chi connectivity index (χ1) is 9.87. The van der Waals surface area contributed by atoms with Gasteiger partial charge in [-0.2, -0.15) is 0 Å². The number of nitrogens with one attached hydrogen (secondary N) is 1. The molecule has 1 N–H and O–H groups in total. The number of amides is 1. The fraction of sp³-hybridized carbons (Fsp3) is 0.667. The summed E-state index contributed by atoms with van der Waals surface area (Å²) in [6.45, 7) is 3.85. The maximum atomic E-state index is 12.3. The normalized spacial score (nSPS) is 19.3. The largest absolute Gasteiger partial charge is 0.345 e. The molecule has 0 aromatic carbocycles. The van der Waals surface area contributed by atoms with Crippen molar-refractivity contribution in [3.63, 3.8) is 0 Å². The van der Waals surface area contributed by atoms with Crippen LogP contribution < -0.4 is 4.72 Å². The molecule has 0 saturated heterocycles. The van der Waals surface area contributed by atoms with Gasteiger partial charge in [0.05, 0.1) is 11.3 Å². The summed E-state index contributed by atoms with van der Waals surface area (Å²) in [6, 6.07) is 2.28. The fourth-order valence-electron chi connectivity index (χ4n) is 3.11. The molecule has 6 heteroatoms. The Morgan fingerprint density at radius 2 is 1.95 bits per heavy atom. The van der Waals surface area contributed by atoms with Crippen LogP contribution in [0.15, 0.2) is 6.07 Å². The summed E-state index contributed by atoms with van der Waals surface area (Å²) >= 11 is 0. The third-order valence-electron chi connectivity index (χ3n) is 4.57. The zero-order valence-corrected chi connectivity index (χ0v) is 13.4. The predicted octanol–water partition coefficient (Wildman–Crippen LogP) is 2.30. The topological polar surface area (TPSA) is 68.2 Å². The smallest absolute Gasteiger partial charge is 0.266 e. The highest BCUT2D eigenvalue weighted by Crippen LogP contribution is 2.38. The van der Waals surface area contributed by atoms with Crippen molar-refractivity contribution in [1.29, 1.82) is 0 Å². The Morgan fingerprint density at radius 1 is 1.29 bits per heavy atom. The molecule has 0 spiro atoms. The van der Waals surface area contributed by atoms with Gasteiger partial charge in [-0.05, 0) is 51.5 Å². The lowest BCUT2D eigenvalue weighted by molar-refractivity contribution is 0.0980. The SMILES string of the molecule is Cc1cc(C(=O)NS(=O)(=O)CC2CCC2)c(C)n1C1CC1. The molecule has 0 atom stereocenters. The third kappa shape index (κ3) is 3.00. The van der Waals surface area contributed by atoms with Crippen LogP contribution in [0.1, 0.15) is 59.9 Å². The zero-order valence-electron chi connectivity index (χ0n) is 12.6. The molecule has 2 aliphatic carbocycles. The second-order valence-electron chi connectivity index (χ2n) is 6.40. The summed E-state index contributed by atoms with van der Waals surface area (Å²) in [5, 5.41) is 0. The molecule has 2 aliphatic rings. The molecule has 1 amide bonds. The van der Waals surface area contributed by atoms with Gasteiger partial charge in [0.15, 0.2) is 0 Å². The van der Waals surface area contributed by atoms with Crippen molar-refractivity contribution < 1.29 is 13.2 Å². The van der Waals surface area contributed by atoms with Crippen molar-refractivity contribution >= 4 is 15.9 Å². The molecule has 1 aromatic heterocycles. The van der Waals surface area contributed by atoms with Crippen LogP contribution in [0.4, 0.5) is 0 Å². The molecule has 0 bridgehead atoms. The van der Waals surface area contributed by atoms with Gasteiger partial charge in [0, 0.05) is 17.4 Å². The fourth-order valence-corrected chi connectivity index (χ4v) is 4.54. The second kappa shape index (κ2) is 5.16. The molecule has 0 radical (unpaired) electrons. The number of carbonyl (C=O) groups is 1. The lowest BCUT2D eigenvalue weighted by atomic mass is 9.87. The zero-order chi connectivity index (χ0) is 15.2. The van der Waals surface area contributed by atoms with Gasteiger partial charge < -0.3 is 4.57 Å².